The lowest BCUT2D eigenvalue weighted by atomic mass is 9.98. The van der Waals surface area contributed by atoms with Crippen LogP contribution in [0.25, 0.3) is 0 Å². The SMILES string of the molecule is CCC1C[N+](CC)(CC)C2(N(C(C)(C)C)CC(CC)[N+]2(CC)CC)N1C(C)(C)C. The number of nitrogens with zero attached hydrogens (tertiary/aromatic N) is 4. The third-order valence-corrected chi connectivity index (χ3v) is 8.75. The van der Waals surface area contributed by atoms with Gasteiger partial charge >= 0.3 is 5.91 Å². The van der Waals surface area contributed by atoms with Gasteiger partial charge in [0.2, 0.25) is 0 Å². The molecule has 0 bridgehead atoms. The van der Waals surface area contributed by atoms with Crippen molar-refractivity contribution in [1.82, 2.24) is 9.80 Å². The zero-order valence-electron chi connectivity index (χ0n) is 22.1. The maximum absolute atomic E-state index is 3.03. The molecule has 2 aliphatic rings. The Morgan fingerprint density at radius 1 is 0.759 bits per heavy atom. The van der Waals surface area contributed by atoms with Crippen LogP contribution in [0.4, 0.5) is 0 Å². The van der Waals surface area contributed by atoms with Crippen LogP contribution in [0.1, 0.15) is 95.9 Å². The molecule has 0 radical (unpaired) electrons. The van der Waals surface area contributed by atoms with Gasteiger partial charge in [0.15, 0.2) is 0 Å². The number of hydrogen-bond donors (Lipinski definition) is 0. The van der Waals surface area contributed by atoms with E-state index in [4.69, 9.17) is 0 Å². The Bertz CT molecular complexity index is 550. The Kier molecular flexibility index (Phi) is 6.99. The van der Waals surface area contributed by atoms with E-state index < -0.39 is 0 Å². The van der Waals surface area contributed by atoms with Crippen LogP contribution in [0.15, 0.2) is 0 Å². The molecule has 0 aromatic carbocycles. The van der Waals surface area contributed by atoms with Gasteiger partial charge in [0, 0.05) is 11.1 Å². The highest BCUT2D eigenvalue weighted by molar-refractivity contribution is 5.02. The second-order valence-corrected chi connectivity index (χ2v) is 11.7. The fourth-order valence-electron chi connectivity index (χ4n) is 7.66. The summed E-state index contributed by atoms with van der Waals surface area (Å²) in [6, 6.07) is 1.33. The fraction of sp³-hybridized carbons (Fsp3) is 1.00. The van der Waals surface area contributed by atoms with Gasteiger partial charge in [-0.25, -0.2) is 8.97 Å². The highest BCUT2D eigenvalue weighted by Gasteiger charge is 2.82. The van der Waals surface area contributed by atoms with E-state index >= 15 is 0 Å². The summed E-state index contributed by atoms with van der Waals surface area (Å²) in [6.45, 7) is 36.9. The van der Waals surface area contributed by atoms with E-state index in [2.05, 4.69) is 92.9 Å². The van der Waals surface area contributed by atoms with Gasteiger partial charge in [-0.3, -0.25) is 0 Å². The smallest absolute Gasteiger partial charge is 0.241 e. The summed E-state index contributed by atoms with van der Waals surface area (Å²) < 4.78 is 2.43. The predicted octanol–water partition coefficient (Wildman–Crippen LogP) is 5.10. The van der Waals surface area contributed by atoms with Crippen LogP contribution in [0.5, 0.6) is 0 Å². The number of hydrogen-bond acceptors (Lipinski definition) is 2. The van der Waals surface area contributed by atoms with Crippen LogP contribution >= 0.6 is 0 Å². The normalized spacial score (nSPS) is 33.1. The Balaban J connectivity index is 3.04. The van der Waals surface area contributed by atoms with Gasteiger partial charge < -0.3 is 0 Å². The van der Waals surface area contributed by atoms with Crippen molar-refractivity contribution in [3.63, 3.8) is 0 Å². The number of rotatable bonds is 6. The van der Waals surface area contributed by atoms with Crippen molar-refractivity contribution in [1.29, 1.82) is 0 Å². The van der Waals surface area contributed by atoms with Crippen molar-refractivity contribution in [2.45, 2.75) is 125 Å². The molecule has 0 N–H and O–H groups in total. The summed E-state index contributed by atoms with van der Waals surface area (Å²) in [7, 11) is 0. The first-order chi connectivity index (χ1) is 13.3. The summed E-state index contributed by atoms with van der Waals surface area (Å²) in [5.74, 6) is 0.00481. The van der Waals surface area contributed by atoms with Crippen molar-refractivity contribution in [3.05, 3.63) is 0 Å². The fourth-order valence-corrected chi connectivity index (χ4v) is 7.66. The maximum Gasteiger partial charge on any atom is 0.358 e. The minimum Gasteiger partial charge on any atom is -0.241 e. The lowest BCUT2D eigenvalue weighted by molar-refractivity contribution is -1.18. The van der Waals surface area contributed by atoms with Crippen molar-refractivity contribution < 1.29 is 8.97 Å². The van der Waals surface area contributed by atoms with Crippen molar-refractivity contribution in [2.24, 2.45) is 0 Å². The lowest BCUT2D eigenvalue weighted by Crippen LogP contribution is -2.87. The second-order valence-electron chi connectivity index (χ2n) is 11.7. The van der Waals surface area contributed by atoms with Crippen LogP contribution in [0.3, 0.4) is 0 Å². The predicted molar refractivity (Wildman–Crippen MR) is 126 cm³/mol. The highest BCUT2D eigenvalue weighted by atomic mass is 15.9. The Labute approximate surface area is 183 Å². The zero-order chi connectivity index (χ0) is 22.5. The Morgan fingerprint density at radius 2 is 1.28 bits per heavy atom. The molecule has 0 aromatic heterocycles. The summed E-state index contributed by atoms with van der Waals surface area (Å²) in [5, 5.41) is 0. The third-order valence-electron chi connectivity index (χ3n) is 8.75. The van der Waals surface area contributed by atoms with Gasteiger partial charge in [-0.1, -0.05) is 13.8 Å². The third kappa shape index (κ3) is 3.15. The molecule has 3 unspecified atom stereocenters. The van der Waals surface area contributed by atoms with E-state index in [1.165, 1.54) is 61.1 Å². The molecular formula is C25H54N4+2. The molecule has 4 nitrogen and oxygen atoms in total. The van der Waals surface area contributed by atoms with Gasteiger partial charge in [0.05, 0.1) is 38.8 Å². The molecule has 2 rings (SSSR count). The monoisotopic (exact) mass is 410 g/mol. The summed E-state index contributed by atoms with van der Waals surface area (Å²) in [4.78, 5) is 6.01. The first kappa shape index (κ1) is 25.1. The molecule has 2 fully saturated rings. The maximum atomic E-state index is 3.03. The molecule has 1 spiro atoms. The van der Waals surface area contributed by atoms with E-state index in [1.54, 1.807) is 0 Å². The van der Waals surface area contributed by atoms with Crippen LogP contribution in [-0.4, -0.2) is 87.1 Å². The van der Waals surface area contributed by atoms with Gasteiger partial charge in [0.1, 0.15) is 12.6 Å². The van der Waals surface area contributed by atoms with Crippen molar-refractivity contribution >= 4 is 0 Å². The largest absolute Gasteiger partial charge is 0.358 e. The van der Waals surface area contributed by atoms with E-state index in [1.807, 2.05) is 0 Å². The standard InChI is InChI=1S/C25H54N4/c1-13-21-20-28(15-3,16-4)25(27(21)24(10,11)12)26(23(7,8)9)19-22(14-2)29(25,17-5)18-6/h21-22H,13-20H2,1-12H3/q+2. The Hall–Kier alpha value is -0.160. The molecule has 2 saturated heterocycles. The van der Waals surface area contributed by atoms with E-state index in [-0.39, 0.29) is 17.0 Å². The molecule has 0 aliphatic carbocycles. The van der Waals surface area contributed by atoms with Crippen LogP contribution in [-0.2, 0) is 0 Å². The molecule has 0 aromatic rings. The van der Waals surface area contributed by atoms with Gasteiger partial charge in [-0.2, -0.15) is 9.80 Å². The van der Waals surface area contributed by atoms with E-state index in [0.717, 1.165) is 0 Å². The average molecular weight is 411 g/mol. The van der Waals surface area contributed by atoms with E-state index in [0.29, 0.717) is 12.1 Å². The highest BCUT2D eigenvalue weighted by Crippen LogP contribution is 2.57. The topological polar surface area (TPSA) is 6.48 Å². The lowest BCUT2D eigenvalue weighted by Gasteiger charge is -2.62. The molecule has 2 aliphatic heterocycles. The van der Waals surface area contributed by atoms with Crippen LogP contribution in [0, 0.1) is 0 Å². The molecule has 0 amide bonds. The number of likely N-dealkylation sites (N-methyl/N-ethyl adjacent to an activating group) is 2. The molecule has 2 heterocycles. The minimum atomic E-state index is 0.00481. The molecule has 0 saturated carbocycles. The molecule has 4 heteroatoms. The Morgan fingerprint density at radius 3 is 1.59 bits per heavy atom. The van der Waals surface area contributed by atoms with Crippen molar-refractivity contribution in [2.75, 3.05) is 39.3 Å². The first-order valence-corrected chi connectivity index (χ1v) is 12.6. The van der Waals surface area contributed by atoms with Crippen molar-refractivity contribution in [3.8, 4) is 0 Å². The average Bonchev–Trinajstić information content (AvgIpc) is 3.12. The first-order valence-electron chi connectivity index (χ1n) is 12.6. The van der Waals surface area contributed by atoms with Gasteiger partial charge in [-0.05, 0) is 82.1 Å². The summed E-state index contributed by atoms with van der Waals surface area (Å²) in [5.41, 5.74) is 0.267. The molecule has 3 atom stereocenters. The molecular weight excluding hydrogens is 356 g/mol. The zero-order valence-corrected chi connectivity index (χ0v) is 22.1. The summed E-state index contributed by atoms with van der Waals surface area (Å²) in [6.07, 6.45) is 2.50. The van der Waals surface area contributed by atoms with E-state index in [9.17, 15) is 0 Å². The van der Waals surface area contributed by atoms with Crippen LogP contribution < -0.4 is 0 Å². The second kappa shape index (κ2) is 8.07. The minimum absolute atomic E-state index is 0.00481. The van der Waals surface area contributed by atoms with Gasteiger partial charge in [-0.15, -0.1) is 0 Å². The number of quaternary nitrogens is 2. The van der Waals surface area contributed by atoms with Gasteiger partial charge in [0.25, 0.3) is 0 Å². The molecule has 29 heavy (non-hydrogen) atoms. The van der Waals surface area contributed by atoms with Crippen LogP contribution in [0.2, 0.25) is 0 Å². The quantitative estimate of drug-likeness (QED) is 0.562. The summed E-state index contributed by atoms with van der Waals surface area (Å²) >= 11 is 0. The molecule has 172 valence electrons.